The highest BCUT2D eigenvalue weighted by molar-refractivity contribution is 6.33. The largest absolute Gasteiger partial charge is 0.254 e. The molecule has 9 aromatic rings. The van der Waals surface area contributed by atoms with Crippen molar-refractivity contribution < 1.29 is 0 Å². The van der Waals surface area contributed by atoms with Crippen molar-refractivity contribution in [2.75, 3.05) is 0 Å². The fourth-order valence-electron chi connectivity index (χ4n) is 7.70. The molecule has 1 aliphatic carbocycles. The summed E-state index contributed by atoms with van der Waals surface area (Å²) in [5, 5.41) is 9.75. The number of benzene rings is 7. The van der Waals surface area contributed by atoms with E-state index >= 15 is 0 Å². The molecule has 0 radical (unpaired) electrons. The Morgan fingerprint density at radius 2 is 1.02 bits per heavy atom. The van der Waals surface area contributed by atoms with Gasteiger partial charge in [0.05, 0.1) is 11.0 Å². The van der Waals surface area contributed by atoms with Crippen molar-refractivity contribution in [1.29, 1.82) is 0 Å². The van der Waals surface area contributed by atoms with Crippen molar-refractivity contribution in [1.82, 2.24) is 9.97 Å². The zero-order chi connectivity index (χ0) is 28.8. The predicted molar refractivity (Wildman–Crippen MR) is 185 cm³/mol. The molecule has 0 N–H and O–H groups in total. The van der Waals surface area contributed by atoms with Gasteiger partial charge in [0.1, 0.15) is 0 Å². The fraction of sp³-hybridized carbons (Fsp3) is 0. The van der Waals surface area contributed by atoms with Crippen LogP contribution in [0.1, 0.15) is 0 Å². The summed E-state index contributed by atoms with van der Waals surface area (Å²) in [6.07, 6.45) is 3.91. The Morgan fingerprint density at radius 1 is 0.364 bits per heavy atom. The van der Waals surface area contributed by atoms with E-state index in [9.17, 15) is 0 Å². The van der Waals surface area contributed by atoms with Crippen LogP contribution in [0.2, 0.25) is 0 Å². The third kappa shape index (κ3) is 3.09. The molecule has 2 heterocycles. The zero-order valence-corrected chi connectivity index (χ0v) is 23.8. The van der Waals surface area contributed by atoms with Crippen LogP contribution in [-0.4, -0.2) is 9.97 Å². The molecule has 2 aromatic heterocycles. The minimum absolute atomic E-state index is 0.947. The maximum absolute atomic E-state index is 5.03. The molecule has 44 heavy (non-hydrogen) atoms. The van der Waals surface area contributed by atoms with E-state index in [1.54, 1.807) is 0 Å². The molecule has 2 heteroatoms. The summed E-state index contributed by atoms with van der Waals surface area (Å²) < 4.78 is 0. The Labute approximate surface area is 253 Å². The molecule has 1 aliphatic rings. The first-order valence-electron chi connectivity index (χ1n) is 15.1. The van der Waals surface area contributed by atoms with Gasteiger partial charge >= 0.3 is 0 Å². The summed E-state index contributed by atoms with van der Waals surface area (Å²) in [6, 6.07) is 48.4. The lowest BCUT2D eigenvalue weighted by Crippen LogP contribution is -1.93. The van der Waals surface area contributed by atoms with Gasteiger partial charge in [-0.15, -0.1) is 0 Å². The van der Waals surface area contributed by atoms with E-state index < -0.39 is 0 Å². The van der Waals surface area contributed by atoms with Gasteiger partial charge in [0.2, 0.25) is 0 Å². The summed E-state index contributed by atoms with van der Waals surface area (Å²) in [6.45, 7) is 0. The average molecular weight is 557 g/mol. The number of pyridine rings is 2. The lowest BCUT2D eigenvalue weighted by Gasteiger charge is -2.20. The molecule has 2 nitrogen and oxygen atoms in total. The number of nitrogens with zero attached hydrogens (tertiary/aromatic N) is 2. The van der Waals surface area contributed by atoms with Crippen LogP contribution in [0.4, 0.5) is 0 Å². The van der Waals surface area contributed by atoms with Gasteiger partial charge in [0, 0.05) is 33.9 Å². The number of aromatic nitrogens is 2. The van der Waals surface area contributed by atoms with Crippen LogP contribution in [-0.2, 0) is 0 Å². The molecule has 7 aromatic carbocycles. The van der Waals surface area contributed by atoms with Crippen molar-refractivity contribution in [2.45, 2.75) is 0 Å². The van der Waals surface area contributed by atoms with Gasteiger partial charge in [-0.3, -0.25) is 9.97 Å². The molecule has 0 bridgehead atoms. The summed E-state index contributed by atoms with van der Waals surface area (Å²) in [5.41, 5.74) is 12.1. The summed E-state index contributed by atoms with van der Waals surface area (Å²) in [4.78, 5) is 9.76. The predicted octanol–water partition coefficient (Wildman–Crippen LogP) is 11.2. The third-order valence-electron chi connectivity index (χ3n) is 9.42. The molecule has 0 amide bonds. The van der Waals surface area contributed by atoms with Crippen molar-refractivity contribution in [3.05, 3.63) is 146 Å². The standard InChI is InChI=1S/C42H24N2/c1-3-11-25(12-4-1)36-29-16-7-8-17-30(29)37(26-13-5-2-6-14-26)40-34-23-28-24-44-42-33(21-20-27-15-10-22-43-41(27)42)35(28)31-18-9-19-32(38(31)34)39(36)40/h1-24H. The van der Waals surface area contributed by atoms with E-state index in [0.717, 1.165) is 27.2 Å². The third-order valence-corrected chi connectivity index (χ3v) is 9.42. The highest BCUT2D eigenvalue weighted by atomic mass is 14.7. The Hall–Kier alpha value is -5.86. The lowest BCUT2D eigenvalue weighted by molar-refractivity contribution is 1.39. The minimum atomic E-state index is 0.947. The average Bonchev–Trinajstić information content (AvgIpc) is 3.42. The second kappa shape index (κ2) is 8.82. The summed E-state index contributed by atoms with van der Waals surface area (Å²) >= 11 is 0. The Kier molecular flexibility index (Phi) is 4.75. The number of hydrogen-bond acceptors (Lipinski definition) is 2. The molecule has 0 atom stereocenters. The molecule has 0 saturated carbocycles. The van der Waals surface area contributed by atoms with Crippen LogP contribution in [0.25, 0.3) is 98.6 Å². The van der Waals surface area contributed by atoms with Crippen LogP contribution in [0, 0.1) is 0 Å². The van der Waals surface area contributed by atoms with Crippen LogP contribution < -0.4 is 0 Å². The van der Waals surface area contributed by atoms with E-state index in [1.807, 2.05) is 18.5 Å². The quantitative estimate of drug-likeness (QED) is 0.198. The van der Waals surface area contributed by atoms with Gasteiger partial charge in [0.25, 0.3) is 0 Å². The zero-order valence-electron chi connectivity index (χ0n) is 23.8. The molecule has 202 valence electrons. The molecule has 0 fully saturated rings. The van der Waals surface area contributed by atoms with Gasteiger partial charge in [-0.1, -0.05) is 121 Å². The molecular weight excluding hydrogens is 532 g/mol. The molecule has 0 saturated heterocycles. The van der Waals surface area contributed by atoms with E-state index in [4.69, 9.17) is 9.97 Å². The highest BCUT2D eigenvalue weighted by Gasteiger charge is 2.31. The maximum atomic E-state index is 5.03. The number of hydrogen-bond donors (Lipinski definition) is 0. The molecular formula is C42H24N2. The van der Waals surface area contributed by atoms with Crippen molar-refractivity contribution in [2.24, 2.45) is 0 Å². The Balaban J connectivity index is 1.44. The van der Waals surface area contributed by atoms with Crippen LogP contribution >= 0.6 is 0 Å². The summed E-state index contributed by atoms with van der Waals surface area (Å²) in [7, 11) is 0. The monoisotopic (exact) mass is 556 g/mol. The van der Waals surface area contributed by atoms with E-state index in [0.29, 0.717) is 0 Å². The van der Waals surface area contributed by atoms with Crippen molar-refractivity contribution in [3.63, 3.8) is 0 Å². The summed E-state index contributed by atoms with van der Waals surface area (Å²) in [5.74, 6) is 0. The second-order valence-corrected chi connectivity index (χ2v) is 11.7. The highest BCUT2D eigenvalue weighted by Crippen LogP contribution is 2.58. The van der Waals surface area contributed by atoms with Crippen LogP contribution in [0.3, 0.4) is 0 Å². The van der Waals surface area contributed by atoms with Crippen LogP contribution in [0.15, 0.2) is 146 Å². The normalized spacial score (nSPS) is 12.1. The van der Waals surface area contributed by atoms with Crippen molar-refractivity contribution in [3.8, 4) is 44.5 Å². The Morgan fingerprint density at radius 3 is 1.75 bits per heavy atom. The lowest BCUT2D eigenvalue weighted by atomic mass is 9.82. The van der Waals surface area contributed by atoms with Crippen molar-refractivity contribution >= 4 is 54.1 Å². The topological polar surface area (TPSA) is 25.8 Å². The Bertz CT molecular complexity index is 2640. The number of fused-ring (bicyclic) bond motifs is 10. The van der Waals surface area contributed by atoms with E-state index in [1.165, 1.54) is 71.4 Å². The van der Waals surface area contributed by atoms with Gasteiger partial charge < -0.3 is 0 Å². The molecule has 0 unspecified atom stereocenters. The first-order chi connectivity index (χ1) is 21.9. The maximum Gasteiger partial charge on any atom is 0.0971 e. The molecule has 0 spiro atoms. The van der Waals surface area contributed by atoms with E-state index in [-0.39, 0.29) is 0 Å². The minimum Gasteiger partial charge on any atom is -0.254 e. The smallest absolute Gasteiger partial charge is 0.0971 e. The molecule has 0 aliphatic heterocycles. The van der Waals surface area contributed by atoms with Gasteiger partial charge in [-0.2, -0.15) is 0 Å². The van der Waals surface area contributed by atoms with Crippen LogP contribution in [0.5, 0.6) is 0 Å². The second-order valence-electron chi connectivity index (χ2n) is 11.7. The van der Waals surface area contributed by atoms with Gasteiger partial charge in [-0.05, 0) is 78.2 Å². The van der Waals surface area contributed by atoms with Gasteiger partial charge in [0.15, 0.2) is 0 Å². The number of rotatable bonds is 2. The molecule has 10 rings (SSSR count). The van der Waals surface area contributed by atoms with Gasteiger partial charge in [-0.25, -0.2) is 0 Å². The van der Waals surface area contributed by atoms with E-state index in [2.05, 4.69) is 127 Å². The first kappa shape index (κ1) is 23.7. The fourth-order valence-corrected chi connectivity index (χ4v) is 7.70. The SMILES string of the molecule is c1ccc(-c2c3c(c(-c4ccccc4)c4ccccc24)-c2cc4cnc5c(ccc6cccnc65)c4c4cccc-3c24)cc1. The first-order valence-corrected chi connectivity index (χ1v) is 15.1.